The van der Waals surface area contributed by atoms with Crippen molar-refractivity contribution in [2.75, 3.05) is 0 Å². The van der Waals surface area contributed by atoms with Crippen LogP contribution in [0.4, 0.5) is 0 Å². The van der Waals surface area contributed by atoms with Gasteiger partial charge in [-0.2, -0.15) is 5.10 Å². The molecule has 2 rings (SSSR count). The van der Waals surface area contributed by atoms with Crippen LogP contribution in [0.3, 0.4) is 0 Å². The molecule has 1 atom stereocenters. The monoisotopic (exact) mass is 265 g/mol. The number of aryl methyl sites for hydroxylation is 2. The summed E-state index contributed by atoms with van der Waals surface area (Å²) < 4.78 is 1.60. The van der Waals surface area contributed by atoms with E-state index in [1.54, 1.807) is 24.9 Å². The molecule has 19 heavy (non-hydrogen) atoms. The van der Waals surface area contributed by atoms with Crippen molar-refractivity contribution in [3.63, 3.8) is 0 Å². The molecule has 1 fully saturated rings. The first-order valence-electron chi connectivity index (χ1n) is 6.53. The number of aliphatic carboxylic acids is 1. The summed E-state index contributed by atoms with van der Waals surface area (Å²) in [5.41, 5.74) is 1.24. The highest BCUT2D eigenvalue weighted by atomic mass is 16.4. The maximum atomic E-state index is 12.6. The minimum absolute atomic E-state index is 0.0588. The Morgan fingerprint density at radius 3 is 2.68 bits per heavy atom. The second-order valence-electron chi connectivity index (χ2n) is 4.97. The van der Waals surface area contributed by atoms with Gasteiger partial charge in [-0.3, -0.25) is 9.48 Å². The first-order valence-corrected chi connectivity index (χ1v) is 6.53. The van der Waals surface area contributed by atoms with Crippen molar-refractivity contribution in [3.8, 4) is 0 Å². The lowest BCUT2D eigenvalue weighted by atomic mass is 10.1. The molecule has 1 N–H and O–H groups in total. The van der Waals surface area contributed by atoms with Gasteiger partial charge in [-0.1, -0.05) is 6.92 Å². The molecule has 0 aliphatic heterocycles. The van der Waals surface area contributed by atoms with Crippen molar-refractivity contribution >= 4 is 11.9 Å². The SMILES string of the molecule is CCc1nn(C)cc1C(=O)N(C1CC1)C(C)C(=O)O. The fourth-order valence-corrected chi connectivity index (χ4v) is 2.24. The number of carboxylic acids is 1. The Morgan fingerprint density at radius 1 is 1.58 bits per heavy atom. The van der Waals surface area contributed by atoms with Gasteiger partial charge >= 0.3 is 5.97 Å². The number of carbonyl (C=O) groups is 2. The summed E-state index contributed by atoms with van der Waals surface area (Å²) >= 11 is 0. The fourth-order valence-electron chi connectivity index (χ4n) is 2.24. The Kier molecular flexibility index (Phi) is 3.59. The molecule has 104 valence electrons. The molecule has 6 heteroatoms. The molecule has 1 amide bonds. The van der Waals surface area contributed by atoms with Crippen LogP contribution in [0.5, 0.6) is 0 Å². The van der Waals surface area contributed by atoms with E-state index in [1.807, 2.05) is 6.92 Å². The lowest BCUT2D eigenvalue weighted by Crippen LogP contribution is -2.44. The minimum atomic E-state index is -0.970. The molecule has 1 unspecified atom stereocenters. The standard InChI is InChI=1S/C13H19N3O3/c1-4-11-10(7-15(3)14-11)12(17)16(9-5-6-9)8(2)13(18)19/h7-9H,4-6H2,1-3H3,(H,18,19). The Labute approximate surface area is 112 Å². The third-order valence-corrected chi connectivity index (χ3v) is 3.42. The van der Waals surface area contributed by atoms with Gasteiger partial charge in [0.25, 0.3) is 5.91 Å². The van der Waals surface area contributed by atoms with Gasteiger partial charge in [0.2, 0.25) is 0 Å². The van der Waals surface area contributed by atoms with E-state index >= 15 is 0 Å². The summed E-state index contributed by atoms with van der Waals surface area (Å²) in [6, 6.07) is -0.742. The number of nitrogens with zero attached hydrogens (tertiary/aromatic N) is 3. The normalized spacial score (nSPS) is 16.2. The van der Waals surface area contributed by atoms with Crippen LogP contribution >= 0.6 is 0 Å². The van der Waals surface area contributed by atoms with Gasteiger partial charge in [-0.15, -0.1) is 0 Å². The van der Waals surface area contributed by atoms with Gasteiger partial charge in [0.05, 0.1) is 11.3 Å². The topological polar surface area (TPSA) is 75.4 Å². The van der Waals surface area contributed by atoms with Crippen LogP contribution in [0, 0.1) is 0 Å². The number of aromatic nitrogens is 2. The Balaban J connectivity index is 2.31. The van der Waals surface area contributed by atoms with E-state index in [2.05, 4.69) is 5.10 Å². The average molecular weight is 265 g/mol. The van der Waals surface area contributed by atoms with Gasteiger partial charge in [0.1, 0.15) is 6.04 Å². The van der Waals surface area contributed by atoms with Gasteiger partial charge < -0.3 is 10.0 Å². The molecule has 0 aromatic carbocycles. The molecule has 6 nitrogen and oxygen atoms in total. The Morgan fingerprint density at radius 2 is 2.21 bits per heavy atom. The highest BCUT2D eigenvalue weighted by Crippen LogP contribution is 2.30. The summed E-state index contributed by atoms with van der Waals surface area (Å²) in [6.07, 6.45) is 4.09. The average Bonchev–Trinajstić information content (AvgIpc) is 3.11. The molecule has 0 radical (unpaired) electrons. The Hall–Kier alpha value is -1.85. The van der Waals surface area contributed by atoms with E-state index in [1.165, 1.54) is 4.90 Å². The number of carbonyl (C=O) groups excluding carboxylic acids is 1. The molecule has 1 aliphatic rings. The van der Waals surface area contributed by atoms with E-state index in [0.29, 0.717) is 12.0 Å². The van der Waals surface area contributed by atoms with Crippen molar-refractivity contribution in [2.45, 2.75) is 45.2 Å². The number of rotatable bonds is 5. The number of carboxylic acid groups (broad SMARTS) is 1. The largest absolute Gasteiger partial charge is 0.480 e. The number of amides is 1. The van der Waals surface area contributed by atoms with E-state index in [-0.39, 0.29) is 11.9 Å². The summed E-state index contributed by atoms with van der Waals surface area (Å²) in [7, 11) is 1.76. The summed E-state index contributed by atoms with van der Waals surface area (Å²) in [6.45, 7) is 3.49. The molecular formula is C13H19N3O3. The van der Waals surface area contributed by atoms with Gasteiger partial charge in [0.15, 0.2) is 0 Å². The van der Waals surface area contributed by atoms with Crippen LogP contribution in [0.15, 0.2) is 6.20 Å². The quantitative estimate of drug-likeness (QED) is 0.863. The molecule has 1 aliphatic carbocycles. The molecule has 1 aromatic heterocycles. The maximum Gasteiger partial charge on any atom is 0.326 e. The molecule has 0 saturated heterocycles. The zero-order valence-corrected chi connectivity index (χ0v) is 11.5. The zero-order valence-electron chi connectivity index (χ0n) is 11.5. The molecule has 0 spiro atoms. The molecular weight excluding hydrogens is 246 g/mol. The molecule has 1 saturated carbocycles. The molecule has 0 bridgehead atoms. The van der Waals surface area contributed by atoms with Crippen molar-refractivity contribution < 1.29 is 14.7 Å². The van der Waals surface area contributed by atoms with E-state index in [0.717, 1.165) is 18.5 Å². The summed E-state index contributed by atoms with van der Waals surface area (Å²) in [5, 5.41) is 13.4. The fraction of sp³-hybridized carbons (Fsp3) is 0.615. The van der Waals surface area contributed by atoms with Crippen LogP contribution in [-0.2, 0) is 18.3 Å². The third-order valence-electron chi connectivity index (χ3n) is 3.42. The smallest absolute Gasteiger partial charge is 0.326 e. The predicted molar refractivity (Wildman–Crippen MR) is 68.9 cm³/mol. The number of hydrogen-bond acceptors (Lipinski definition) is 3. The van der Waals surface area contributed by atoms with Gasteiger partial charge in [-0.25, -0.2) is 4.79 Å². The van der Waals surface area contributed by atoms with Gasteiger partial charge in [-0.05, 0) is 26.2 Å². The Bertz CT molecular complexity index is 505. The van der Waals surface area contributed by atoms with Crippen molar-refractivity contribution in [3.05, 3.63) is 17.5 Å². The lowest BCUT2D eigenvalue weighted by Gasteiger charge is -2.26. The van der Waals surface area contributed by atoms with E-state index in [9.17, 15) is 9.59 Å². The lowest BCUT2D eigenvalue weighted by molar-refractivity contribution is -0.141. The second-order valence-corrected chi connectivity index (χ2v) is 4.97. The van der Waals surface area contributed by atoms with Crippen molar-refractivity contribution in [1.82, 2.24) is 14.7 Å². The van der Waals surface area contributed by atoms with E-state index < -0.39 is 12.0 Å². The van der Waals surface area contributed by atoms with Crippen LogP contribution < -0.4 is 0 Å². The summed E-state index contributed by atoms with van der Waals surface area (Å²) in [5.74, 6) is -1.19. The molecule has 1 aromatic rings. The van der Waals surface area contributed by atoms with Crippen LogP contribution in [-0.4, -0.2) is 43.7 Å². The zero-order chi connectivity index (χ0) is 14.2. The second kappa shape index (κ2) is 5.03. The number of hydrogen-bond donors (Lipinski definition) is 1. The van der Waals surface area contributed by atoms with Gasteiger partial charge in [0, 0.05) is 19.3 Å². The van der Waals surface area contributed by atoms with Crippen molar-refractivity contribution in [2.24, 2.45) is 7.05 Å². The minimum Gasteiger partial charge on any atom is -0.480 e. The molecule has 1 heterocycles. The highest BCUT2D eigenvalue weighted by molar-refractivity contribution is 5.97. The highest BCUT2D eigenvalue weighted by Gasteiger charge is 2.39. The van der Waals surface area contributed by atoms with Crippen LogP contribution in [0.1, 0.15) is 42.7 Å². The maximum absolute atomic E-state index is 12.6. The van der Waals surface area contributed by atoms with Crippen molar-refractivity contribution in [1.29, 1.82) is 0 Å². The van der Waals surface area contributed by atoms with E-state index in [4.69, 9.17) is 5.11 Å². The third kappa shape index (κ3) is 2.62. The van der Waals surface area contributed by atoms with Crippen LogP contribution in [0.2, 0.25) is 0 Å². The predicted octanol–water partition coefficient (Wildman–Crippen LogP) is 1.06. The summed E-state index contributed by atoms with van der Waals surface area (Å²) in [4.78, 5) is 25.2. The first-order chi connectivity index (χ1) is 8.95. The van der Waals surface area contributed by atoms with Crippen LogP contribution in [0.25, 0.3) is 0 Å². The first kappa shape index (κ1) is 13.6.